The van der Waals surface area contributed by atoms with Gasteiger partial charge in [-0.2, -0.15) is 0 Å². The molecule has 0 aliphatic carbocycles. The molecule has 1 amide bonds. The van der Waals surface area contributed by atoms with E-state index in [4.69, 9.17) is 16.3 Å². The molecule has 0 fully saturated rings. The summed E-state index contributed by atoms with van der Waals surface area (Å²) >= 11 is 7.26. The van der Waals surface area contributed by atoms with Crippen LogP contribution in [0.3, 0.4) is 0 Å². The Morgan fingerprint density at radius 3 is 2.73 bits per heavy atom. The maximum Gasteiger partial charge on any atom is 0.339 e. The first-order valence-electron chi connectivity index (χ1n) is 7.71. The SMILES string of the molecule is CN(Cc1ccc(Cl)s1)C(=O)COC(=O)c1cc(=O)[nH]c2ccccc12. The number of nitrogens with zero attached hydrogens (tertiary/aromatic N) is 1. The van der Waals surface area contributed by atoms with E-state index in [9.17, 15) is 14.4 Å². The number of rotatable bonds is 5. The molecule has 0 atom stereocenters. The Hall–Kier alpha value is -2.64. The number of likely N-dealkylation sites (N-methyl/N-ethyl adjacent to an activating group) is 1. The Morgan fingerprint density at radius 2 is 2.00 bits per heavy atom. The number of H-pyrrole nitrogens is 1. The standard InChI is InChI=1S/C18H15ClN2O4S/c1-21(9-11-6-7-15(19)26-11)17(23)10-25-18(24)13-8-16(22)20-14-5-3-2-4-12(13)14/h2-8H,9-10H2,1H3,(H,20,22). The zero-order chi connectivity index (χ0) is 18.7. The Balaban J connectivity index is 1.67. The number of hydrogen-bond donors (Lipinski definition) is 1. The van der Waals surface area contributed by atoms with Crippen molar-refractivity contribution < 1.29 is 14.3 Å². The smallest absolute Gasteiger partial charge is 0.339 e. The third-order valence-electron chi connectivity index (χ3n) is 3.74. The number of carbonyl (C=O) groups is 2. The van der Waals surface area contributed by atoms with Crippen LogP contribution in [0.25, 0.3) is 10.9 Å². The van der Waals surface area contributed by atoms with E-state index in [0.717, 1.165) is 4.88 Å². The van der Waals surface area contributed by atoms with Crippen molar-refractivity contribution in [2.75, 3.05) is 13.7 Å². The third kappa shape index (κ3) is 4.12. The van der Waals surface area contributed by atoms with Crippen molar-refractivity contribution >= 4 is 45.7 Å². The highest BCUT2D eigenvalue weighted by Crippen LogP contribution is 2.22. The van der Waals surface area contributed by atoms with E-state index in [1.807, 2.05) is 6.07 Å². The van der Waals surface area contributed by atoms with E-state index in [-0.39, 0.29) is 11.5 Å². The lowest BCUT2D eigenvalue weighted by Crippen LogP contribution is -2.30. The number of esters is 1. The first kappa shape index (κ1) is 18.2. The molecule has 6 nitrogen and oxygen atoms in total. The predicted octanol–water partition coefficient (Wildman–Crippen LogP) is 3.06. The zero-order valence-corrected chi connectivity index (χ0v) is 15.4. The molecule has 0 bridgehead atoms. The summed E-state index contributed by atoms with van der Waals surface area (Å²) < 4.78 is 5.76. The fourth-order valence-corrected chi connectivity index (χ4v) is 3.59. The molecule has 8 heteroatoms. The van der Waals surface area contributed by atoms with Crippen LogP contribution in [0.4, 0.5) is 0 Å². The highest BCUT2D eigenvalue weighted by Gasteiger charge is 2.17. The van der Waals surface area contributed by atoms with Crippen LogP contribution >= 0.6 is 22.9 Å². The van der Waals surface area contributed by atoms with Crippen molar-refractivity contribution in [2.24, 2.45) is 0 Å². The normalized spacial score (nSPS) is 10.7. The van der Waals surface area contributed by atoms with Crippen molar-refractivity contribution in [1.82, 2.24) is 9.88 Å². The minimum absolute atomic E-state index is 0.129. The number of carbonyl (C=O) groups excluding carboxylic acids is 2. The van der Waals surface area contributed by atoms with Crippen molar-refractivity contribution in [3.05, 3.63) is 67.6 Å². The van der Waals surface area contributed by atoms with Crippen LogP contribution in [0.1, 0.15) is 15.2 Å². The van der Waals surface area contributed by atoms with Gasteiger partial charge in [0.15, 0.2) is 6.61 Å². The van der Waals surface area contributed by atoms with Gasteiger partial charge in [-0.15, -0.1) is 11.3 Å². The summed E-state index contributed by atoms with van der Waals surface area (Å²) in [5, 5.41) is 0.561. The van der Waals surface area contributed by atoms with Gasteiger partial charge in [0.05, 0.1) is 16.4 Å². The summed E-state index contributed by atoms with van der Waals surface area (Å²) in [5.41, 5.74) is 0.253. The van der Waals surface area contributed by atoms with Crippen molar-refractivity contribution in [3.8, 4) is 0 Å². The van der Waals surface area contributed by atoms with Gasteiger partial charge in [-0.3, -0.25) is 9.59 Å². The molecule has 3 rings (SSSR count). The molecule has 1 aromatic carbocycles. The lowest BCUT2D eigenvalue weighted by molar-refractivity contribution is -0.133. The molecule has 0 radical (unpaired) electrons. The molecule has 134 valence electrons. The summed E-state index contributed by atoms with van der Waals surface area (Å²) in [7, 11) is 1.62. The molecule has 2 aromatic heterocycles. The Labute approximate surface area is 158 Å². The molecular weight excluding hydrogens is 376 g/mol. The van der Waals surface area contributed by atoms with Gasteiger partial charge in [0.1, 0.15) is 0 Å². The molecule has 1 N–H and O–H groups in total. The van der Waals surface area contributed by atoms with Gasteiger partial charge in [0, 0.05) is 28.9 Å². The van der Waals surface area contributed by atoms with Crippen LogP contribution in [-0.2, 0) is 16.1 Å². The fourth-order valence-electron chi connectivity index (χ4n) is 2.45. The van der Waals surface area contributed by atoms with Crippen molar-refractivity contribution in [3.63, 3.8) is 0 Å². The van der Waals surface area contributed by atoms with Crippen LogP contribution in [0.2, 0.25) is 4.34 Å². The topological polar surface area (TPSA) is 79.5 Å². The fraction of sp³-hybridized carbons (Fsp3) is 0.167. The second-order valence-corrected chi connectivity index (χ2v) is 7.42. The number of fused-ring (bicyclic) bond motifs is 1. The van der Waals surface area contributed by atoms with Gasteiger partial charge in [-0.25, -0.2) is 4.79 Å². The van der Waals surface area contributed by atoms with Crippen molar-refractivity contribution in [1.29, 1.82) is 0 Å². The molecule has 26 heavy (non-hydrogen) atoms. The molecule has 2 heterocycles. The molecule has 0 aliphatic heterocycles. The molecule has 0 aliphatic rings. The number of hydrogen-bond acceptors (Lipinski definition) is 5. The largest absolute Gasteiger partial charge is 0.452 e. The summed E-state index contributed by atoms with van der Waals surface area (Å²) in [5.74, 6) is -1.06. The molecule has 0 unspecified atom stereocenters. The van der Waals surface area contributed by atoms with Gasteiger partial charge >= 0.3 is 5.97 Å². The zero-order valence-electron chi connectivity index (χ0n) is 13.8. The number of pyridine rings is 1. The van der Waals surface area contributed by atoms with E-state index < -0.39 is 18.1 Å². The van der Waals surface area contributed by atoms with E-state index in [1.54, 1.807) is 37.4 Å². The number of halogens is 1. The number of nitrogens with one attached hydrogen (secondary N) is 1. The Kier molecular flexibility index (Phi) is 5.39. The Bertz CT molecular complexity index is 1030. The van der Waals surface area contributed by atoms with Crippen molar-refractivity contribution in [2.45, 2.75) is 6.54 Å². The average Bonchev–Trinajstić information content (AvgIpc) is 3.03. The summed E-state index contributed by atoms with van der Waals surface area (Å²) in [6, 6.07) is 11.7. The van der Waals surface area contributed by atoms with E-state index >= 15 is 0 Å². The molecular formula is C18H15ClN2O4S. The maximum atomic E-state index is 12.3. The first-order chi connectivity index (χ1) is 12.4. The van der Waals surface area contributed by atoms with Crippen LogP contribution < -0.4 is 5.56 Å². The van der Waals surface area contributed by atoms with Gasteiger partial charge in [0.2, 0.25) is 5.56 Å². The number of benzene rings is 1. The highest BCUT2D eigenvalue weighted by molar-refractivity contribution is 7.16. The average molecular weight is 391 g/mol. The third-order valence-corrected chi connectivity index (χ3v) is 4.96. The van der Waals surface area contributed by atoms with Gasteiger partial charge in [-0.05, 0) is 18.2 Å². The number of thiophene rings is 1. The van der Waals surface area contributed by atoms with E-state index in [1.165, 1.54) is 22.3 Å². The molecule has 3 aromatic rings. The monoisotopic (exact) mass is 390 g/mol. The predicted molar refractivity (Wildman–Crippen MR) is 101 cm³/mol. The highest BCUT2D eigenvalue weighted by atomic mass is 35.5. The van der Waals surface area contributed by atoms with Crippen LogP contribution in [0.5, 0.6) is 0 Å². The quantitative estimate of drug-likeness (QED) is 0.679. The summed E-state index contributed by atoms with van der Waals surface area (Å²) in [6.07, 6.45) is 0. The second-order valence-electron chi connectivity index (χ2n) is 5.62. The van der Waals surface area contributed by atoms with Gasteiger partial charge in [0.25, 0.3) is 5.91 Å². The first-order valence-corrected chi connectivity index (χ1v) is 8.91. The van der Waals surface area contributed by atoms with E-state index in [0.29, 0.717) is 21.8 Å². The van der Waals surface area contributed by atoms with E-state index in [2.05, 4.69) is 4.98 Å². The number of amides is 1. The van der Waals surface area contributed by atoms with Crippen LogP contribution in [0, 0.1) is 0 Å². The Morgan fingerprint density at radius 1 is 1.23 bits per heavy atom. The lowest BCUT2D eigenvalue weighted by atomic mass is 10.1. The summed E-state index contributed by atoms with van der Waals surface area (Å²) in [6.45, 7) is -0.0305. The molecule has 0 spiro atoms. The van der Waals surface area contributed by atoms with Gasteiger partial charge in [-0.1, -0.05) is 29.8 Å². The second kappa shape index (κ2) is 7.72. The van der Waals surface area contributed by atoms with Crippen LogP contribution in [-0.4, -0.2) is 35.4 Å². The maximum absolute atomic E-state index is 12.3. The number of aromatic nitrogens is 1. The molecule has 0 saturated heterocycles. The molecule has 0 saturated carbocycles. The lowest BCUT2D eigenvalue weighted by Gasteiger charge is -2.16. The minimum atomic E-state index is -0.715. The minimum Gasteiger partial charge on any atom is -0.452 e. The number of para-hydroxylation sites is 1. The number of aromatic amines is 1. The number of ether oxygens (including phenoxy) is 1. The van der Waals surface area contributed by atoms with Crippen LogP contribution in [0.15, 0.2) is 47.3 Å². The summed E-state index contributed by atoms with van der Waals surface area (Å²) in [4.78, 5) is 41.3. The van der Waals surface area contributed by atoms with Gasteiger partial charge < -0.3 is 14.6 Å².